The van der Waals surface area contributed by atoms with E-state index in [0.29, 0.717) is 13.1 Å². The van der Waals surface area contributed by atoms with Crippen LogP contribution in [0.25, 0.3) is 10.9 Å². The van der Waals surface area contributed by atoms with Gasteiger partial charge in [-0.3, -0.25) is 4.79 Å². The molecule has 0 N–H and O–H groups in total. The highest BCUT2D eigenvalue weighted by atomic mass is 16.2. The highest BCUT2D eigenvalue weighted by molar-refractivity contribution is 5.84. The van der Waals surface area contributed by atoms with Gasteiger partial charge in [0, 0.05) is 43.6 Å². The molecule has 0 bridgehead atoms. The molecule has 0 radical (unpaired) electrons. The summed E-state index contributed by atoms with van der Waals surface area (Å²) in [6.45, 7) is 5.64. The highest BCUT2D eigenvalue weighted by Gasteiger charge is 2.21. The molecule has 1 aliphatic heterocycles. The van der Waals surface area contributed by atoms with E-state index < -0.39 is 0 Å². The van der Waals surface area contributed by atoms with Gasteiger partial charge >= 0.3 is 0 Å². The Labute approximate surface area is 153 Å². The van der Waals surface area contributed by atoms with Gasteiger partial charge in [0.05, 0.1) is 0 Å². The van der Waals surface area contributed by atoms with Gasteiger partial charge in [0.2, 0.25) is 5.91 Å². The lowest BCUT2D eigenvalue weighted by atomic mass is 10.2. The third-order valence-corrected chi connectivity index (χ3v) is 5.04. The Morgan fingerprint density at radius 2 is 1.96 bits per heavy atom. The van der Waals surface area contributed by atoms with Crippen molar-refractivity contribution < 1.29 is 4.79 Å². The second kappa shape index (κ2) is 7.15. The predicted molar refractivity (Wildman–Crippen MR) is 102 cm³/mol. The molecule has 0 saturated carbocycles. The average molecular weight is 349 g/mol. The van der Waals surface area contributed by atoms with Gasteiger partial charge in [0.1, 0.15) is 6.54 Å². The number of nitrogens with zero attached hydrogens (tertiary/aromatic N) is 5. The van der Waals surface area contributed by atoms with E-state index in [-0.39, 0.29) is 5.91 Å². The molecule has 1 amide bonds. The summed E-state index contributed by atoms with van der Waals surface area (Å²) in [4.78, 5) is 17.1. The number of aromatic nitrogens is 3. The molecule has 0 atom stereocenters. The minimum atomic E-state index is 0.176. The predicted octanol–water partition coefficient (Wildman–Crippen LogP) is 2.48. The van der Waals surface area contributed by atoms with Gasteiger partial charge in [-0.2, -0.15) is 5.10 Å². The molecule has 6 nitrogen and oxygen atoms in total. The first-order chi connectivity index (χ1) is 12.7. The number of amides is 1. The summed E-state index contributed by atoms with van der Waals surface area (Å²) < 4.78 is 2.11. The SMILES string of the molecule is Cc1cc2ccccc2n1CC(=O)N1CCCN(c2cccnn2)CC1. The molecule has 134 valence electrons. The molecule has 26 heavy (non-hydrogen) atoms. The number of benzene rings is 1. The summed E-state index contributed by atoms with van der Waals surface area (Å²) in [5, 5.41) is 9.33. The van der Waals surface area contributed by atoms with Crippen LogP contribution in [0.5, 0.6) is 0 Å². The fourth-order valence-corrected chi connectivity index (χ4v) is 3.65. The summed E-state index contributed by atoms with van der Waals surface area (Å²) in [5.74, 6) is 1.06. The standard InChI is InChI=1S/C20H23N5O/c1-16-14-17-6-2-3-7-18(17)25(16)15-20(26)24-11-5-10-23(12-13-24)19-8-4-9-21-22-19/h2-4,6-9,14H,5,10-13,15H2,1H3. The molecule has 0 spiro atoms. The summed E-state index contributed by atoms with van der Waals surface area (Å²) in [6.07, 6.45) is 2.62. The van der Waals surface area contributed by atoms with Crippen molar-refractivity contribution in [3.8, 4) is 0 Å². The van der Waals surface area contributed by atoms with Crippen LogP contribution in [0, 0.1) is 6.92 Å². The summed E-state index contributed by atoms with van der Waals surface area (Å²) in [6, 6.07) is 14.2. The molecular weight excluding hydrogens is 326 g/mol. The van der Waals surface area contributed by atoms with E-state index in [1.807, 2.05) is 29.2 Å². The number of rotatable bonds is 3. The average Bonchev–Trinajstić information content (AvgIpc) is 2.85. The van der Waals surface area contributed by atoms with E-state index >= 15 is 0 Å². The molecule has 2 aromatic heterocycles. The Morgan fingerprint density at radius 3 is 2.81 bits per heavy atom. The number of carbonyl (C=O) groups is 1. The van der Waals surface area contributed by atoms with Gasteiger partial charge in [-0.1, -0.05) is 18.2 Å². The second-order valence-electron chi connectivity index (χ2n) is 6.73. The van der Waals surface area contributed by atoms with Crippen LogP contribution in [0.15, 0.2) is 48.7 Å². The molecule has 1 aromatic carbocycles. The lowest BCUT2D eigenvalue weighted by Crippen LogP contribution is -2.37. The maximum atomic E-state index is 12.9. The lowest BCUT2D eigenvalue weighted by Gasteiger charge is -2.23. The molecule has 0 aliphatic carbocycles. The third kappa shape index (κ3) is 3.27. The quantitative estimate of drug-likeness (QED) is 0.729. The molecule has 3 aromatic rings. The number of aryl methyl sites for hydroxylation is 1. The molecule has 6 heteroatoms. The maximum Gasteiger partial charge on any atom is 0.242 e. The lowest BCUT2D eigenvalue weighted by molar-refractivity contribution is -0.131. The van der Waals surface area contributed by atoms with Crippen molar-refractivity contribution >= 4 is 22.6 Å². The smallest absolute Gasteiger partial charge is 0.242 e. The van der Waals surface area contributed by atoms with Crippen molar-refractivity contribution in [2.24, 2.45) is 0 Å². The molecular formula is C20H23N5O. The van der Waals surface area contributed by atoms with Crippen LogP contribution in [0.2, 0.25) is 0 Å². The van der Waals surface area contributed by atoms with Crippen LogP contribution >= 0.6 is 0 Å². The van der Waals surface area contributed by atoms with Gasteiger partial charge in [-0.25, -0.2) is 0 Å². The minimum absolute atomic E-state index is 0.176. The summed E-state index contributed by atoms with van der Waals surface area (Å²) >= 11 is 0. The van der Waals surface area contributed by atoms with Gasteiger partial charge < -0.3 is 14.4 Å². The third-order valence-electron chi connectivity index (χ3n) is 5.04. The van der Waals surface area contributed by atoms with Crippen LogP contribution in [0.1, 0.15) is 12.1 Å². The number of carbonyl (C=O) groups excluding carboxylic acids is 1. The van der Waals surface area contributed by atoms with Crippen LogP contribution in [-0.2, 0) is 11.3 Å². The van der Waals surface area contributed by atoms with E-state index in [0.717, 1.165) is 43.1 Å². The summed E-state index contributed by atoms with van der Waals surface area (Å²) in [5.41, 5.74) is 2.24. The Morgan fingerprint density at radius 1 is 1.08 bits per heavy atom. The van der Waals surface area contributed by atoms with E-state index in [1.165, 1.54) is 5.39 Å². The summed E-state index contributed by atoms with van der Waals surface area (Å²) in [7, 11) is 0. The molecule has 4 rings (SSSR count). The largest absolute Gasteiger partial charge is 0.353 e. The molecule has 0 unspecified atom stereocenters. The zero-order valence-corrected chi connectivity index (χ0v) is 15.0. The van der Waals surface area contributed by atoms with Crippen molar-refractivity contribution in [1.82, 2.24) is 19.7 Å². The monoisotopic (exact) mass is 349 g/mol. The van der Waals surface area contributed by atoms with Gasteiger partial charge in [0.25, 0.3) is 0 Å². The first-order valence-corrected chi connectivity index (χ1v) is 9.08. The fourth-order valence-electron chi connectivity index (χ4n) is 3.65. The van der Waals surface area contributed by atoms with E-state index in [2.05, 4.69) is 44.8 Å². The van der Waals surface area contributed by atoms with Gasteiger partial charge in [-0.05, 0) is 43.0 Å². The maximum absolute atomic E-state index is 12.9. The normalized spacial score (nSPS) is 15.3. The minimum Gasteiger partial charge on any atom is -0.353 e. The number of hydrogen-bond donors (Lipinski definition) is 0. The van der Waals surface area contributed by atoms with E-state index in [4.69, 9.17) is 0 Å². The number of hydrogen-bond acceptors (Lipinski definition) is 4. The van der Waals surface area contributed by atoms with Crippen LogP contribution in [0.4, 0.5) is 5.82 Å². The molecule has 1 saturated heterocycles. The zero-order valence-electron chi connectivity index (χ0n) is 15.0. The van der Waals surface area contributed by atoms with Crippen molar-refractivity contribution in [1.29, 1.82) is 0 Å². The Hall–Kier alpha value is -2.89. The zero-order chi connectivity index (χ0) is 17.9. The molecule has 3 heterocycles. The second-order valence-corrected chi connectivity index (χ2v) is 6.73. The van der Waals surface area contributed by atoms with Gasteiger partial charge in [0.15, 0.2) is 5.82 Å². The molecule has 1 fully saturated rings. The first-order valence-electron chi connectivity index (χ1n) is 9.08. The van der Waals surface area contributed by atoms with Crippen molar-refractivity contribution in [2.45, 2.75) is 19.9 Å². The van der Waals surface area contributed by atoms with Crippen molar-refractivity contribution in [2.75, 3.05) is 31.1 Å². The molecule has 1 aliphatic rings. The van der Waals surface area contributed by atoms with Crippen LogP contribution < -0.4 is 4.90 Å². The Bertz CT molecular complexity index is 905. The Balaban J connectivity index is 1.46. The number of para-hydroxylation sites is 1. The van der Waals surface area contributed by atoms with Crippen LogP contribution in [0.3, 0.4) is 0 Å². The first kappa shape index (κ1) is 16.6. The Kier molecular flexibility index (Phi) is 4.56. The number of anilines is 1. The highest BCUT2D eigenvalue weighted by Crippen LogP contribution is 2.20. The van der Waals surface area contributed by atoms with Crippen molar-refractivity contribution in [3.63, 3.8) is 0 Å². The van der Waals surface area contributed by atoms with E-state index in [9.17, 15) is 4.79 Å². The van der Waals surface area contributed by atoms with Crippen molar-refractivity contribution in [3.05, 3.63) is 54.4 Å². The van der Waals surface area contributed by atoms with Gasteiger partial charge in [-0.15, -0.1) is 5.10 Å². The van der Waals surface area contributed by atoms with Crippen LogP contribution in [-0.4, -0.2) is 51.8 Å². The van der Waals surface area contributed by atoms with E-state index in [1.54, 1.807) is 6.20 Å². The fraction of sp³-hybridized carbons (Fsp3) is 0.350. The number of fused-ring (bicyclic) bond motifs is 1. The topological polar surface area (TPSA) is 54.3 Å².